The maximum atomic E-state index is 12.7. The molecule has 2 aliphatic heterocycles. The fourth-order valence-electron chi connectivity index (χ4n) is 3.52. The molecule has 0 saturated carbocycles. The number of carbonyl (C=O) groups is 2. The number of anilines is 1. The smallest absolute Gasteiger partial charge is 0.249 e. The monoisotopic (exact) mass is 361 g/mol. The van der Waals surface area contributed by atoms with Gasteiger partial charge in [0, 0.05) is 12.2 Å². The zero-order chi connectivity index (χ0) is 17.1. The molecule has 0 spiro atoms. The summed E-state index contributed by atoms with van der Waals surface area (Å²) in [4.78, 5) is 31.1. The number of thioether (sulfide) groups is 1. The highest BCUT2D eigenvalue weighted by molar-refractivity contribution is 8.01. The SMILES string of the molecule is Cc1ccc(C)c2sc(NC(=O)C3CSC4(C)CCC(=O)N34)nc12. The second-order valence-corrected chi connectivity index (χ2v) is 9.15. The fourth-order valence-corrected chi connectivity index (χ4v) is 5.96. The molecule has 2 fully saturated rings. The Morgan fingerprint density at radius 2 is 2.12 bits per heavy atom. The maximum absolute atomic E-state index is 12.7. The lowest BCUT2D eigenvalue weighted by atomic mass is 10.1. The highest BCUT2D eigenvalue weighted by atomic mass is 32.2. The Balaban J connectivity index is 1.60. The van der Waals surface area contributed by atoms with Crippen LogP contribution in [-0.4, -0.2) is 38.4 Å². The lowest BCUT2D eigenvalue weighted by molar-refractivity contribution is -0.135. The Morgan fingerprint density at radius 1 is 1.38 bits per heavy atom. The van der Waals surface area contributed by atoms with Crippen LogP contribution in [0.15, 0.2) is 12.1 Å². The van der Waals surface area contributed by atoms with Gasteiger partial charge in [-0.2, -0.15) is 0 Å². The second kappa shape index (κ2) is 5.46. The first-order chi connectivity index (χ1) is 11.4. The first-order valence-corrected chi connectivity index (χ1v) is 9.83. The van der Waals surface area contributed by atoms with Gasteiger partial charge in [-0.25, -0.2) is 4.98 Å². The molecule has 0 aliphatic carbocycles. The van der Waals surface area contributed by atoms with Gasteiger partial charge in [-0.3, -0.25) is 9.59 Å². The van der Waals surface area contributed by atoms with Crippen LogP contribution in [0.4, 0.5) is 5.13 Å². The van der Waals surface area contributed by atoms with E-state index in [4.69, 9.17) is 0 Å². The van der Waals surface area contributed by atoms with Crippen molar-refractivity contribution in [3.63, 3.8) is 0 Å². The zero-order valence-corrected chi connectivity index (χ0v) is 15.5. The third kappa shape index (κ3) is 2.33. The molecule has 1 aromatic heterocycles. The first-order valence-electron chi connectivity index (χ1n) is 8.03. The summed E-state index contributed by atoms with van der Waals surface area (Å²) in [6, 6.07) is 3.72. The molecule has 3 heterocycles. The molecule has 24 heavy (non-hydrogen) atoms. The van der Waals surface area contributed by atoms with Crippen LogP contribution in [0, 0.1) is 13.8 Å². The standard InChI is InChI=1S/C17H19N3O2S2/c1-9-4-5-10(2)14-13(9)18-16(24-14)19-15(22)11-8-23-17(3)7-6-12(21)20(11)17/h4-5,11H,6-8H2,1-3H3,(H,18,19,22). The van der Waals surface area contributed by atoms with E-state index in [9.17, 15) is 9.59 Å². The van der Waals surface area contributed by atoms with E-state index in [0.29, 0.717) is 17.3 Å². The van der Waals surface area contributed by atoms with Gasteiger partial charge in [-0.05, 0) is 38.3 Å². The lowest BCUT2D eigenvalue weighted by Crippen LogP contribution is -2.48. The van der Waals surface area contributed by atoms with Crippen molar-refractivity contribution in [1.82, 2.24) is 9.88 Å². The Hall–Kier alpha value is -1.60. The summed E-state index contributed by atoms with van der Waals surface area (Å²) in [6.45, 7) is 6.13. The Morgan fingerprint density at radius 3 is 2.88 bits per heavy atom. The van der Waals surface area contributed by atoms with E-state index in [-0.39, 0.29) is 16.7 Å². The Bertz CT molecular complexity index is 824. The molecule has 2 aromatic rings. The van der Waals surface area contributed by atoms with Crippen LogP contribution in [0.5, 0.6) is 0 Å². The van der Waals surface area contributed by atoms with Gasteiger partial charge >= 0.3 is 0 Å². The summed E-state index contributed by atoms with van der Waals surface area (Å²) in [6.07, 6.45) is 1.35. The number of aromatic nitrogens is 1. The summed E-state index contributed by atoms with van der Waals surface area (Å²) < 4.78 is 1.10. The predicted molar refractivity (Wildman–Crippen MR) is 98.5 cm³/mol. The molecule has 2 aliphatic rings. The number of hydrogen-bond donors (Lipinski definition) is 1. The van der Waals surface area contributed by atoms with Gasteiger partial charge in [0.25, 0.3) is 0 Å². The number of carbonyl (C=O) groups excluding carboxylic acids is 2. The number of amides is 2. The van der Waals surface area contributed by atoms with E-state index in [1.54, 1.807) is 16.7 Å². The Kier molecular flexibility index (Phi) is 3.61. The molecular weight excluding hydrogens is 342 g/mol. The quantitative estimate of drug-likeness (QED) is 0.891. The maximum Gasteiger partial charge on any atom is 0.249 e. The summed E-state index contributed by atoms with van der Waals surface area (Å²) >= 11 is 3.20. The minimum Gasteiger partial charge on any atom is -0.315 e. The zero-order valence-electron chi connectivity index (χ0n) is 13.9. The highest BCUT2D eigenvalue weighted by Crippen LogP contribution is 2.47. The molecule has 2 atom stereocenters. The van der Waals surface area contributed by atoms with Gasteiger partial charge in [0.1, 0.15) is 6.04 Å². The molecule has 2 unspecified atom stereocenters. The van der Waals surface area contributed by atoms with Crippen molar-refractivity contribution in [3.05, 3.63) is 23.3 Å². The van der Waals surface area contributed by atoms with Crippen LogP contribution in [-0.2, 0) is 9.59 Å². The van der Waals surface area contributed by atoms with Crippen molar-refractivity contribution in [1.29, 1.82) is 0 Å². The number of thiazole rings is 1. The molecule has 0 radical (unpaired) electrons. The van der Waals surface area contributed by atoms with Crippen molar-refractivity contribution in [3.8, 4) is 0 Å². The molecule has 126 valence electrons. The van der Waals surface area contributed by atoms with Gasteiger partial charge in [0.15, 0.2) is 5.13 Å². The topological polar surface area (TPSA) is 62.3 Å². The van der Waals surface area contributed by atoms with Crippen molar-refractivity contribution in [2.45, 2.75) is 44.5 Å². The van der Waals surface area contributed by atoms with E-state index in [1.165, 1.54) is 11.3 Å². The van der Waals surface area contributed by atoms with Gasteiger partial charge in [0.05, 0.1) is 15.1 Å². The molecule has 5 nitrogen and oxygen atoms in total. The number of nitrogens with zero attached hydrogens (tertiary/aromatic N) is 2. The van der Waals surface area contributed by atoms with Crippen molar-refractivity contribution in [2.75, 3.05) is 11.1 Å². The van der Waals surface area contributed by atoms with Gasteiger partial charge in [-0.1, -0.05) is 23.5 Å². The third-order valence-corrected chi connectivity index (χ3v) is 7.53. The normalized spacial score (nSPS) is 26.2. The average Bonchev–Trinajstić information content (AvgIpc) is 3.18. The first kappa shape index (κ1) is 15.9. The largest absolute Gasteiger partial charge is 0.315 e. The van der Waals surface area contributed by atoms with Crippen LogP contribution in [0.3, 0.4) is 0 Å². The summed E-state index contributed by atoms with van der Waals surface area (Å²) in [5.41, 5.74) is 3.21. The minimum absolute atomic E-state index is 0.0821. The summed E-state index contributed by atoms with van der Waals surface area (Å²) in [5.74, 6) is 0.603. The van der Waals surface area contributed by atoms with E-state index in [2.05, 4.69) is 23.3 Å². The number of aryl methyl sites for hydroxylation is 2. The van der Waals surface area contributed by atoms with Crippen LogP contribution in [0.1, 0.15) is 30.9 Å². The van der Waals surface area contributed by atoms with E-state index < -0.39 is 6.04 Å². The molecule has 1 N–H and O–H groups in total. The van der Waals surface area contributed by atoms with E-state index in [0.717, 1.165) is 27.8 Å². The summed E-state index contributed by atoms with van der Waals surface area (Å²) in [7, 11) is 0. The van der Waals surface area contributed by atoms with Gasteiger partial charge < -0.3 is 10.2 Å². The van der Waals surface area contributed by atoms with E-state index in [1.807, 2.05) is 19.9 Å². The van der Waals surface area contributed by atoms with Crippen molar-refractivity contribution < 1.29 is 9.59 Å². The van der Waals surface area contributed by atoms with Crippen LogP contribution in [0.2, 0.25) is 0 Å². The molecule has 2 saturated heterocycles. The average molecular weight is 361 g/mol. The van der Waals surface area contributed by atoms with Crippen LogP contribution >= 0.6 is 23.1 Å². The minimum atomic E-state index is -0.399. The van der Waals surface area contributed by atoms with Crippen LogP contribution < -0.4 is 5.32 Å². The number of nitrogens with one attached hydrogen (secondary N) is 1. The van der Waals surface area contributed by atoms with Gasteiger partial charge in [0.2, 0.25) is 11.8 Å². The Labute approximate surface area is 148 Å². The number of hydrogen-bond acceptors (Lipinski definition) is 5. The third-order valence-electron chi connectivity index (χ3n) is 4.92. The second-order valence-electron chi connectivity index (χ2n) is 6.65. The molecule has 2 amide bonds. The molecule has 1 aromatic carbocycles. The number of benzene rings is 1. The lowest BCUT2D eigenvalue weighted by Gasteiger charge is -2.29. The number of rotatable bonds is 2. The number of fused-ring (bicyclic) bond motifs is 2. The summed E-state index contributed by atoms with van der Waals surface area (Å²) in [5, 5.41) is 3.55. The molecular formula is C17H19N3O2S2. The van der Waals surface area contributed by atoms with Crippen molar-refractivity contribution >= 4 is 50.3 Å². The molecule has 0 bridgehead atoms. The highest BCUT2D eigenvalue weighted by Gasteiger charge is 2.52. The van der Waals surface area contributed by atoms with E-state index >= 15 is 0 Å². The molecule has 7 heteroatoms. The van der Waals surface area contributed by atoms with Gasteiger partial charge in [-0.15, -0.1) is 11.8 Å². The van der Waals surface area contributed by atoms with Crippen LogP contribution in [0.25, 0.3) is 10.2 Å². The fraction of sp³-hybridized carbons (Fsp3) is 0.471. The molecule has 4 rings (SSSR count). The predicted octanol–water partition coefficient (Wildman–Crippen LogP) is 3.31. The van der Waals surface area contributed by atoms with Crippen molar-refractivity contribution in [2.24, 2.45) is 0 Å².